The molecule has 4 aromatic carbocycles. The van der Waals surface area contributed by atoms with E-state index in [0.29, 0.717) is 6.67 Å². The minimum atomic E-state index is 0.688. The molecule has 1 aliphatic rings. The van der Waals surface area contributed by atoms with Crippen LogP contribution in [0.15, 0.2) is 109 Å². The molecule has 0 radical (unpaired) electrons. The lowest BCUT2D eigenvalue weighted by Gasteiger charge is -2.19. The summed E-state index contributed by atoms with van der Waals surface area (Å²) in [6.07, 6.45) is 3.45. The number of hydrogen-bond acceptors (Lipinski definition) is 5. The van der Waals surface area contributed by atoms with Crippen molar-refractivity contribution in [2.24, 2.45) is 0 Å². The molecule has 7 rings (SSSR count). The van der Waals surface area contributed by atoms with Gasteiger partial charge in [-0.1, -0.05) is 42.5 Å². The van der Waals surface area contributed by atoms with Gasteiger partial charge in [0.1, 0.15) is 11.5 Å². The van der Waals surface area contributed by atoms with E-state index in [0.717, 1.165) is 45.4 Å². The maximum Gasteiger partial charge on any atom is 0.178 e. The summed E-state index contributed by atoms with van der Waals surface area (Å²) in [5.74, 6) is 3.31. The zero-order valence-electron chi connectivity index (χ0n) is 19.7. The molecule has 6 nitrogen and oxygen atoms in total. The van der Waals surface area contributed by atoms with Crippen LogP contribution in [0, 0.1) is 0 Å². The largest absolute Gasteiger partial charge is 0.457 e. The van der Waals surface area contributed by atoms with Crippen LogP contribution in [0.25, 0.3) is 27.5 Å². The SMILES string of the molecule is CN1CN(c2cccc(Oc3ccc4c(c3)c3ccccc3n4-c3ccccc3)c2)c2nccnc21. The topological polar surface area (TPSA) is 46.4 Å². The third-order valence-corrected chi connectivity index (χ3v) is 6.65. The maximum absolute atomic E-state index is 6.38. The van der Waals surface area contributed by atoms with Gasteiger partial charge in [-0.3, -0.25) is 0 Å². The van der Waals surface area contributed by atoms with E-state index in [9.17, 15) is 0 Å². The second-order valence-electron chi connectivity index (χ2n) is 8.94. The minimum Gasteiger partial charge on any atom is -0.457 e. The van der Waals surface area contributed by atoms with E-state index in [4.69, 9.17) is 4.74 Å². The summed E-state index contributed by atoms with van der Waals surface area (Å²) < 4.78 is 8.68. The molecule has 0 saturated heterocycles. The molecule has 0 amide bonds. The Morgan fingerprint density at radius 3 is 2.25 bits per heavy atom. The molecule has 3 heterocycles. The molecular weight excluding hydrogens is 446 g/mol. The summed E-state index contributed by atoms with van der Waals surface area (Å²) in [6.45, 7) is 0.688. The first-order valence-electron chi connectivity index (χ1n) is 11.9. The van der Waals surface area contributed by atoms with Crippen molar-refractivity contribution in [1.82, 2.24) is 14.5 Å². The number of aromatic nitrogens is 3. The summed E-state index contributed by atoms with van der Waals surface area (Å²) in [4.78, 5) is 13.3. The van der Waals surface area contributed by atoms with E-state index >= 15 is 0 Å². The predicted octanol–water partition coefficient (Wildman–Crippen LogP) is 6.91. The van der Waals surface area contributed by atoms with E-state index in [-0.39, 0.29) is 0 Å². The van der Waals surface area contributed by atoms with Gasteiger partial charge in [0.2, 0.25) is 0 Å². The van der Waals surface area contributed by atoms with Gasteiger partial charge in [0.25, 0.3) is 0 Å². The highest BCUT2D eigenvalue weighted by molar-refractivity contribution is 6.09. The van der Waals surface area contributed by atoms with Crippen LogP contribution < -0.4 is 14.5 Å². The van der Waals surface area contributed by atoms with Gasteiger partial charge in [-0.2, -0.15) is 0 Å². The van der Waals surface area contributed by atoms with Crippen molar-refractivity contribution in [2.45, 2.75) is 0 Å². The molecule has 0 bridgehead atoms. The second kappa shape index (κ2) is 8.13. The number of para-hydroxylation sites is 2. The van der Waals surface area contributed by atoms with Gasteiger partial charge in [0, 0.05) is 47.7 Å². The van der Waals surface area contributed by atoms with E-state index in [2.05, 4.69) is 97.1 Å². The summed E-state index contributed by atoms with van der Waals surface area (Å²) in [7, 11) is 2.02. The number of fused-ring (bicyclic) bond motifs is 4. The van der Waals surface area contributed by atoms with Crippen LogP contribution in [0.2, 0.25) is 0 Å². The van der Waals surface area contributed by atoms with Crippen LogP contribution in [0.3, 0.4) is 0 Å². The van der Waals surface area contributed by atoms with Crippen LogP contribution in [0.1, 0.15) is 0 Å². The highest BCUT2D eigenvalue weighted by Crippen LogP contribution is 2.39. The Balaban J connectivity index is 1.27. The molecule has 0 aliphatic carbocycles. The predicted molar refractivity (Wildman–Crippen MR) is 145 cm³/mol. The first-order chi connectivity index (χ1) is 17.8. The van der Waals surface area contributed by atoms with Gasteiger partial charge >= 0.3 is 0 Å². The molecule has 6 heteroatoms. The molecule has 0 unspecified atom stereocenters. The Hall–Kier alpha value is -4.84. The van der Waals surface area contributed by atoms with Crippen molar-refractivity contribution < 1.29 is 4.74 Å². The number of nitrogens with zero attached hydrogens (tertiary/aromatic N) is 5. The van der Waals surface area contributed by atoms with Gasteiger partial charge < -0.3 is 19.1 Å². The molecule has 1 aliphatic heterocycles. The van der Waals surface area contributed by atoms with E-state index in [1.165, 1.54) is 10.9 Å². The summed E-state index contributed by atoms with van der Waals surface area (Å²) in [5, 5.41) is 2.36. The molecule has 0 N–H and O–H groups in total. The van der Waals surface area contributed by atoms with Crippen LogP contribution in [0.5, 0.6) is 11.5 Å². The van der Waals surface area contributed by atoms with Crippen molar-refractivity contribution in [3.8, 4) is 17.2 Å². The molecule has 0 saturated carbocycles. The number of benzene rings is 4. The minimum absolute atomic E-state index is 0.688. The van der Waals surface area contributed by atoms with E-state index in [1.54, 1.807) is 12.4 Å². The van der Waals surface area contributed by atoms with Gasteiger partial charge in [-0.15, -0.1) is 0 Å². The first kappa shape index (κ1) is 20.5. The van der Waals surface area contributed by atoms with Crippen molar-refractivity contribution in [3.63, 3.8) is 0 Å². The zero-order valence-corrected chi connectivity index (χ0v) is 19.7. The number of hydrogen-bond donors (Lipinski definition) is 0. The van der Waals surface area contributed by atoms with E-state index < -0.39 is 0 Å². The highest BCUT2D eigenvalue weighted by Gasteiger charge is 2.27. The van der Waals surface area contributed by atoms with Gasteiger partial charge in [-0.05, 0) is 48.5 Å². The molecule has 6 aromatic rings. The molecule has 0 spiro atoms. The van der Waals surface area contributed by atoms with Crippen LogP contribution in [-0.4, -0.2) is 28.3 Å². The highest BCUT2D eigenvalue weighted by atomic mass is 16.5. The van der Waals surface area contributed by atoms with E-state index in [1.807, 2.05) is 31.3 Å². The van der Waals surface area contributed by atoms with Crippen LogP contribution in [0.4, 0.5) is 17.3 Å². The number of rotatable bonds is 4. The zero-order chi connectivity index (χ0) is 24.1. The van der Waals surface area contributed by atoms with Crippen molar-refractivity contribution >= 4 is 39.1 Å². The van der Waals surface area contributed by atoms with Gasteiger partial charge in [-0.25, -0.2) is 9.97 Å². The third kappa shape index (κ3) is 3.26. The molecular formula is C30H23N5O. The molecule has 174 valence electrons. The third-order valence-electron chi connectivity index (χ3n) is 6.65. The van der Waals surface area contributed by atoms with Crippen molar-refractivity contribution in [2.75, 3.05) is 23.5 Å². The number of ether oxygens (including phenoxy) is 1. The average Bonchev–Trinajstić information content (AvgIpc) is 3.44. The van der Waals surface area contributed by atoms with Crippen molar-refractivity contribution in [1.29, 1.82) is 0 Å². The van der Waals surface area contributed by atoms with Gasteiger partial charge in [0.05, 0.1) is 17.7 Å². The standard InChI is InChI=1S/C30H23N5O/c1-33-20-34(30-29(33)31-16-17-32-30)22-10-7-11-23(18-22)36-24-14-15-28-26(19-24)25-12-5-6-13-27(25)35(28)21-8-3-2-4-9-21/h2-19H,20H2,1H3. The average molecular weight is 470 g/mol. The fourth-order valence-corrected chi connectivity index (χ4v) is 5.05. The summed E-state index contributed by atoms with van der Waals surface area (Å²) in [6, 6.07) is 33.4. The van der Waals surface area contributed by atoms with Crippen LogP contribution in [-0.2, 0) is 0 Å². The van der Waals surface area contributed by atoms with Crippen molar-refractivity contribution in [3.05, 3.63) is 109 Å². The fraction of sp³-hybridized carbons (Fsp3) is 0.0667. The molecule has 0 fully saturated rings. The monoisotopic (exact) mass is 469 g/mol. The summed E-state index contributed by atoms with van der Waals surface area (Å²) >= 11 is 0. The Labute approximate surface area is 208 Å². The molecule has 36 heavy (non-hydrogen) atoms. The maximum atomic E-state index is 6.38. The normalized spacial score (nSPS) is 12.9. The quantitative estimate of drug-likeness (QED) is 0.281. The lowest BCUT2D eigenvalue weighted by molar-refractivity contribution is 0.483. The van der Waals surface area contributed by atoms with Gasteiger partial charge in [0.15, 0.2) is 11.6 Å². The fourth-order valence-electron chi connectivity index (χ4n) is 5.05. The smallest absolute Gasteiger partial charge is 0.178 e. The first-order valence-corrected chi connectivity index (χ1v) is 11.9. The Morgan fingerprint density at radius 2 is 1.36 bits per heavy atom. The molecule has 2 aromatic heterocycles. The summed E-state index contributed by atoms with van der Waals surface area (Å²) in [5.41, 5.74) is 4.49. The lowest BCUT2D eigenvalue weighted by Crippen LogP contribution is -2.24. The molecule has 0 atom stereocenters. The second-order valence-corrected chi connectivity index (χ2v) is 8.94. The lowest BCUT2D eigenvalue weighted by atomic mass is 10.1. The van der Waals surface area contributed by atoms with Crippen LogP contribution >= 0.6 is 0 Å². The Kier molecular flexibility index (Phi) is 4.64. The number of anilines is 3. The Morgan fingerprint density at radius 1 is 0.639 bits per heavy atom. The Bertz CT molecular complexity index is 1730.